The number of aliphatic hydroxyl groups is 1. The van der Waals surface area contributed by atoms with E-state index in [4.69, 9.17) is 21.4 Å². The molecule has 4 N–H and O–H groups in total. The molecule has 0 radical (unpaired) electrons. The molecule has 0 saturated heterocycles. The quantitative estimate of drug-likeness (QED) is 0.243. The van der Waals surface area contributed by atoms with Gasteiger partial charge in [0.15, 0.2) is 5.82 Å². The monoisotopic (exact) mass is 559 g/mol. The Morgan fingerprint density at radius 3 is 2.67 bits per heavy atom. The third-order valence-electron chi connectivity index (χ3n) is 5.85. The molecule has 0 spiro atoms. The largest absolute Gasteiger partial charge is 0.487 e. The van der Waals surface area contributed by atoms with E-state index < -0.39 is 42.3 Å². The molecule has 2 aromatic carbocycles. The van der Waals surface area contributed by atoms with Gasteiger partial charge in [0, 0.05) is 16.6 Å². The Labute approximate surface area is 226 Å². The number of carbonyl (C=O) groups is 2. The van der Waals surface area contributed by atoms with Gasteiger partial charge in [-0.15, -0.1) is 0 Å². The van der Waals surface area contributed by atoms with Crippen molar-refractivity contribution in [3.05, 3.63) is 82.3 Å². The number of nitrogens with zero attached hydrogens (tertiary/aromatic N) is 3. The second-order valence-electron chi connectivity index (χ2n) is 8.71. The zero-order chi connectivity index (χ0) is 28.3. The Morgan fingerprint density at radius 2 is 1.97 bits per heavy atom. The molecule has 2 heterocycles. The third-order valence-corrected chi connectivity index (χ3v) is 6.19. The van der Waals surface area contributed by atoms with Crippen LogP contribution in [0.2, 0.25) is 5.02 Å². The lowest BCUT2D eigenvalue weighted by atomic mass is 10.0. The molecule has 0 aliphatic rings. The fourth-order valence-corrected chi connectivity index (χ4v) is 4.31. The van der Waals surface area contributed by atoms with Crippen molar-refractivity contribution in [2.45, 2.75) is 32.6 Å². The predicted molar refractivity (Wildman–Crippen MR) is 138 cm³/mol. The number of benzene rings is 2. The minimum absolute atomic E-state index is 0.0521. The van der Waals surface area contributed by atoms with E-state index in [9.17, 15) is 23.5 Å². The normalized spacial score (nSPS) is 12.7. The van der Waals surface area contributed by atoms with Gasteiger partial charge in [0.1, 0.15) is 29.8 Å². The van der Waals surface area contributed by atoms with Crippen LogP contribution in [0.25, 0.3) is 16.6 Å². The van der Waals surface area contributed by atoms with E-state index in [-0.39, 0.29) is 11.6 Å². The van der Waals surface area contributed by atoms with E-state index in [0.29, 0.717) is 39.2 Å². The number of halogens is 3. The van der Waals surface area contributed by atoms with Crippen molar-refractivity contribution in [2.75, 3.05) is 6.54 Å². The van der Waals surface area contributed by atoms with Crippen molar-refractivity contribution in [3.63, 3.8) is 0 Å². The van der Waals surface area contributed by atoms with Crippen molar-refractivity contribution < 1.29 is 33.3 Å². The summed E-state index contributed by atoms with van der Waals surface area (Å²) < 4.78 is 35.4. The highest BCUT2D eigenvalue weighted by atomic mass is 35.5. The highest BCUT2D eigenvalue weighted by Crippen LogP contribution is 2.32. The number of rotatable bonds is 9. The molecule has 0 aliphatic heterocycles. The van der Waals surface area contributed by atoms with Crippen LogP contribution in [-0.2, 0) is 11.4 Å². The minimum Gasteiger partial charge on any atom is -0.487 e. The van der Waals surface area contributed by atoms with E-state index in [1.807, 2.05) is 5.32 Å². The average molecular weight is 560 g/mol. The SMILES string of the molecule is Cc1cc(-n2cc(F)cn2)c2cccc(OCc3c(Cl)cc(F)cc3[C@H](C)NC(=O)[C@H](O)CNC(=O)O)c2n1. The van der Waals surface area contributed by atoms with Crippen LogP contribution in [-0.4, -0.2) is 49.6 Å². The number of carboxylic acid groups (broad SMARTS) is 1. The van der Waals surface area contributed by atoms with Crippen molar-refractivity contribution in [1.82, 2.24) is 25.4 Å². The van der Waals surface area contributed by atoms with Gasteiger partial charge in [-0.2, -0.15) is 5.10 Å². The van der Waals surface area contributed by atoms with Crippen molar-refractivity contribution in [2.24, 2.45) is 0 Å². The smallest absolute Gasteiger partial charge is 0.404 e. The summed E-state index contributed by atoms with van der Waals surface area (Å²) >= 11 is 6.36. The van der Waals surface area contributed by atoms with E-state index >= 15 is 0 Å². The number of amides is 2. The molecule has 4 rings (SSSR count). The summed E-state index contributed by atoms with van der Waals surface area (Å²) in [5.74, 6) is -1.62. The highest BCUT2D eigenvalue weighted by molar-refractivity contribution is 6.31. The van der Waals surface area contributed by atoms with Crippen LogP contribution in [0, 0.1) is 18.6 Å². The van der Waals surface area contributed by atoms with Crippen LogP contribution < -0.4 is 15.4 Å². The van der Waals surface area contributed by atoms with Gasteiger partial charge in [-0.05, 0) is 43.7 Å². The van der Waals surface area contributed by atoms with Crippen LogP contribution in [0.4, 0.5) is 13.6 Å². The maximum Gasteiger partial charge on any atom is 0.404 e. The van der Waals surface area contributed by atoms with Gasteiger partial charge >= 0.3 is 6.09 Å². The van der Waals surface area contributed by atoms with Crippen LogP contribution in [0.3, 0.4) is 0 Å². The molecule has 204 valence electrons. The molecule has 4 aromatic rings. The first kappa shape index (κ1) is 27.7. The van der Waals surface area contributed by atoms with Crippen LogP contribution in [0.15, 0.2) is 48.8 Å². The Balaban J connectivity index is 1.61. The molecule has 10 nitrogen and oxygen atoms in total. The maximum absolute atomic E-state index is 14.3. The molecular weight excluding hydrogens is 536 g/mol. The van der Waals surface area contributed by atoms with Gasteiger partial charge < -0.3 is 25.6 Å². The first-order valence-electron chi connectivity index (χ1n) is 11.7. The van der Waals surface area contributed by atoms with Crippen molar-refractivity contribution >= 4 is 34.5 Å². The van der Waals surface area contributed by atoms with Gasteiger partial charge in [-0.1, -0.05) is 23.7 Å². The number of aryl methyl sites for hydroxylation is 1. The average Bonchev–Trinajstić information content (AvgIpc) is 3.31. The number of fused-ring (bicyclic) bond motifs is 1. The van der Waals surface area contributed by atoms with E-state index in [1.54, 1.807) is 38.1 Å². The fourth-order valence-electron chi connectivity index (χ4n) is 4.04. The summed E-state index contributed by atoms with van der Waals surface area (Å²) in [4.78, 5) is 27.5. The number of ether oxygens (including phenoxy) is 1. The number of nitrogens with one attached hydrogen (secondary N) is 2. The van der Waals surface area contributed by atoms with Gasteiger partial charge in [-0.3, -0.25) is 4.79 Å². The zero-order valence-corrected chi connectivity index (χ0v) is 21.5. The lowest BCUT2D eigenvalue weighted by molar-refractivity contribution is -0.129. The summed E-state index contributed by atoms with van der Waals surface area (Å²) in [5, 5.41) is 27.8. The molecular formula is C26H24ClF2N5O5. The van der Waals surface area contributed by atoms with Gasteiger partial charge in [0.05, 0.1) is 35.7 Å². The standard InChI is InChI=1S/C26H24ClF2N5O5/c1-13-6-21(34-11-16(29)9-31-34)17-4-3-5-23(24(17)32-13)39-12-19-18(7-15(28)8-20(19)27)14(2)33-25(36)22(35)10-30-26(37)38/h3-9,11,14,22,30,35H,10,12H2,1-2H3,(H,33,36)(H,37,38)/t14-,22+/m0/s1. The molecule has 39 heavy (non-hydrogen) atoms. The molecule has 13 heteroatoms. The molecule has 2 amide bonds. The molecule has 0 bridgehead atoms. The Bertz CT molecular complexity index is 1550. The predicted octanol–water partition coefficient (Wildman–Crippen LogP) is 4.05. The van der Waals surface area contributed by atoms with E-state index in [0.717, 1.165) is 12.3 Å². The van der Waals surface area contributed by atoms with Gasteiger partial charge in [0.2, 0.25) is 0 Å². The number of para-hydroxylation sites is 1. The van der Waals surface area contributed by atoms with Crippen LogP contribution in [0.5, 0.6) is 5.75 Å². The number of pyridine rings is 1. The molecule has 0 aliphatic carbocycles. The number of aromatic nitrogens is 3. The van der Waals surface area contributed by atoms with Crippen LogP contribution in [0.1, 0.15) is 29.8 Å². The highest BCUT2D eigenvalue weighted by Gasteiger charge is 2.22. The molecule has 2 aromatic heterocycles. The van der Waals surface area contributed by atoms with Gasteiger partial charge in [0.25, 0.3) is 5.91 Å². The summed E-state index contributed by atoms with van der Waals surface area (Å²) in [6, 6.07) is 8.46. The number of carbonyl (C=O) groups excluding carboxylic acids is 1. The van der Waals surface area contributed by atoms with Crippen molar-refractivity contribution in [3.8, 4) is 11.4 Å². The lowest BCUT2D eigenvalue weighted by Gasteiger charge is -2.21. The minimum atomic E-state index is -1.66. The second-order valence-corrected chi connectivity index (χ2v) is 9.12. The first-order valence-corrected chi connectivity index (χ1v) is 12.1. The van der Waals surface area contributed by atoms with Gasteiger partial charge in [-0.25, -0.2) is 23.2 Å². The van der Waals surface area contributed by atoms with E-state index in [2.05, 4.69) is 15.4 Å². The Kier molecular flexibility index (Phi) is 8.27. The Hall–Kier alpha value is -4.29. The molecule has 2 atom stereocenters. The van der Waals surface area contributed by atoms with Crippen LogP contribution >= 0.6 is 11.6 Å². The maximum atomic E-state index is 14.3. The third kappa shape index (κ3) is 6.41. The molecule has 0 saturated carbocycles. The van der Waals surface area contributed by atoms with E-state index in [1.165, 1.54) is 16.9 Å². The fraction of sp³-hybridized carbons (Fsp3) is 0.231. The van der Waals surface area contributed by atoms with Crippen molar-refractivity contribution in [1.29, 1.82) is 0 Å². The Morgan fingerprint density at radius 1 is 1.21 bits per heavy atom. The summed E-state index contributed by atoms with van der Waals surface area (Å²) in [6.45, 7) is 2.69. The summed E-state index contributed by atoms with van der Waals surface area (Å²) in [5.41, 5.74) is 2.39. The molecule has 0 fully saturated rings. The molecule has 0 unspecified atom stereocenters. The summed E-state index contributed by atoms with van der Waals surface area (Å²) in [6.07, 6.45) is -0.707. The number of aliphatic hydroxyl groups excluding tert-OH is 1. The number of hydrogen-bond acceptors (Lipinski definition) is 6. The summed E-state index contributed by atoms with van der Waals surface area (Å²) in [7, 11) is 0. The lowest BCUT2D eigenvalue weighted by Crippen LogP contribution is -2.43. The number of hydrogen-bond donors (Lipinski definition) is 4. The zero-order valence-electron chi connectivity index (χ0n) is 20.8. The second kappa shape index (κ2) is 11.6. The first-order chi connectivity index (χ1) is 18.5. The topological polar surface area (TPSA) is 139 Å².